The zero-order valence-corrected chi connectivity index (χ0v) is 27.5. The van der Waals surface area contributed by atoms with Crippen LogP contribution in [0.3, 0.4) is 0 Å². The summed E-state index contributed by atoms with van der Waals surface area (Å²) in [7, 11) is -6.02. The van der Waals surface area contributed by atoms with E-state index in [1.54, 1.807) is 22.7 Å². The first-order valence-electron chi connectivity index (χ1n) is 14.3. The minimum atomic E-state index is -6.02. The molecule has 0 saturated carbocycles. The second kappa shape index (κ2) is 16.2. The fraction of sp³-hybridized carbons (Fsp3) is 0.500. The molecule has 3 rings (SSSR count). The number of hydrogen-bond donors (Lipinski definition) is 2. The predicted molar refractivity (Wildman–Crippen MR) is 171 cm³/mol. The summed E-state index contributed by atoms with van der Waals surface area (Å²) in [5, 5.41) is -2.99. The highest BCUT2D eigenvalue weighted by molar-refractivity contribution is 7.86. The van der Waals surface area contributed by atoms with E-state index in [4.69, 9.17) is 10.3 Å². The maximum atomic E-state index is 13.7. The van der Waals surface area contributed by atoms with Gasteiger partial charge in [-0.2, -0.15) is 17.2 Å². The van der Waals surface area contributed by atoms with Gasteiger partial charge in [-0.05, 0) is 72.5 Å². The summed E-state index contributed by atoms with van der Waals surface area (Å²) in [6.45, 7) is 2.75. The van der Waals surface area contributed by atoms with Gasteiger partial charge in [-0.15, -0.1) is 34.0 Å². The first-order valence-corrected chi connectivity index (χ1v) is 18.3. The molecule has 0 aromatic carbocycles. The minimum Gasteiger partial charge on any atom is -0.458 e. The third-order valence-corrected chi connectivity index (χ3v) is 11.3. The number of esters is 1. The number of thiophene rings is 3. The van der Waals surface area contributed by atoms with E-state index in [2.05, 4.69) is 42.2 Å². The lowest BCUT2D eigenvalue weighted by Gasteiger charge is -2.17. The van der Waals surface area contributed by atoms with Gasteiger partial charge in [0.1, 0.15) is 12.3 Å². The van der Waals surface area contributed by atoms with Gasteiger partial charge in [-0.1, -0.05) is 52.4 Å². The van der Waals surface area contributed by atoms with E-state index in [1.165, 1.54) is 52.0 Å². The highest BCUT2D eigenvalue weighted by Crippen LogP contribution is 2.43. The van der Waals surface area contributed by atoms with Gasteiger partial charge in [-0.3, -0.25) is 4.55 Å². The topological polar surface area (TPSA) is 107 Å². The fourth-order valence-corrected chi connectivity index (χ4v) is 8.26. The van der Waals surface area contributed by atoms with Gasteiger partial charge in [0, 0.05) is 24.4 Å². The first kappa shape index (κ1) is 35.3. The maximum absolute atomic E-state index is 13.7. The molecule has 3 aromatic heterocycles. The number of hydrogen-bond acceptors (Lipinski definition) is 8. The molecule has 43 heavy (non-hydrogen) atoms. The lowest BCUT2D eigenvalue weighted by Crippen LogP contribution is -2.41. The number of alkyl halides is 3. The highest BCUT2D eigenvalue weighted by atomic mass is 32.2. The molecule has 13 heteroatoms. The molecule has 3 heterocycles. The third-order valence-electron chi connectivity index (χ3n) is 6.83. The molecule has 0 bridgehead atoms. The normalized spacial score (nSPS) is 13.4. The average molecular weight is 678 g/mol. The van der Waals surface area contributed by atoms with Crippen molar-refractivity contribution in [2.75, 3.05) is 6.61 Å². The Morgan fingerprint density at radius 1 is 0.977 bits per heavy atom. The summed E-state index contributed by atoms with van der Waals surface area (Å²) >= 11 is 4.88. The highest BCUT2D eigenvalue weighted by Gasteiger charge is 2.53. The third kappa shape index (κ3) is 9.65. The van der Waals surface area contributed by atoms with Gasteiger partial charge >= 0.3 is 21.3 Å². The Morgan fingerprint density at radius 2 is 1.58 bits per heavy atom. The average Bonchev–Trinajstić information content (AvgIpc) is 3.71. The summed E-state index contributed by atoms with van der Waals surface area (Å²) in [5.74, 6) is -1.28. The van der Waals surface area contributed by atoms with Crippen LogP contribution < -0.4 is 5.73 Å². The number of aryl methyl sites for hydroxylation is 2. The van der Waals surface area contributed by atoms with E-state index >= 15 is 0 Å². The summed E-state index contributed by atoms with van der Waals surface area (Å²) < 4.78 is 75.0. The van der Waals surface area contributed by atoms with E-state index < -0.39 is 39.8 Å². The van der Waals surface area contributed by atoms with Crippen LogP contribution >= 0.6 is 34.0 Å². The van der Waals surface area contributed by atoms with Crippen molar-refractivity contribution in [3.8, 4) is 19.5 Å². The fourth-order valence-electron chi connectivity index (χ4n) is 4.43. The summed E-state index contributed by atoms with van der Waals surface area (Å²) in [4.78, 5) is 17.5. The van der Waals surface area contributed by atoms with Crippen LogP contribution in [-0.4, -0.2) is 37.0 Å². The molecule has 238 valence electrons. The van der Waals surface area contributed by atoms with E-state index in [1.807, 2.05) is 6.07 Å². The molecule has 0 aliphatic heterocycles. The van der Waals surface area contributed by atoms with Crippen LogP contribution in [0.25, 0.3) is 25.6 Å². The molecular weight excluding hydrogens is 640 g/mol. The molecule has 6 nitrogen and oxygen atoms in total. The summed E-state index contributed by atoms with van der Waals surface area (Å²) in [5.41, 5.74) is 7.84. The van der Waals surface area contributed by atoms with Crippen LogP contribution in [0.5, 0.6) is 0 Å². The number of ether oxygens (including phenoxy) is 1. The Morgan fingerprint density at radius 3 is 2.19 bits per heavy atom. The molecule has 0 spiro atoms. The van der Waals surface area contributed by atoms with Crippen molar-refractivity contribution in [3.63, 3.8) is 0 Å². The standard InChI is InChI=1S/C30H38F3NO5S4/c1-3-5-7-9-11-20-15-16-40-27(20)24-13-14-25(42-24)28-21(12-10-8-6-4-2)17-22(41-28)18-23(34)29(35)39-19-26(31)30(32,33)43(36,37)38/h13-18,26H,3-12,19,34H2,1-2H3,(H,36,37,38)/b23-18-. The van der Waals surface area contributed by atoms with Crippen molar-refractivity contribution in [3.05, 3.63) is 51.3 Å². The smallest absolute Gasteiger partial charge is 0.403 e. The van der Waals surface area contributed by atoms with Crippen molar-refractivity contribution >= 4 is 56.2 Å². The molecule has 3 aromatic rings. The zero-order valence-electron chi connectivity index (χ0n) is 24.2. The number of carbonyl (C=O) groups excluding carboxylic acids is 1. The van der Waals surface area contributed by atoms with Crippen molar-refractivity contribution in [1.29, 1.82) is 0 Å². The van der Waals surface area contributed by atoms with Gasteiger partial charge in [0.25, 0.3) is 0 Å². The van der Waals surface area contributed by atoms with Gasteiger partial charge in [0.05, 0.1) is 0 Å². The molecule has 0 fully saturated rings. The number of carbonyl (C=O) groups is 1. The first-order chi connectivity index (χ1) is 20.4. The summed E-state index contributed by atoms with van der Waals surface area (Å²) in [6, 6.07) is 8.37. The second-order valence-electron chi connectivity index (χ2n) is 10.3. The number of unbranched alkanes of at least 4 members (excludes halogenated alkanes) is 6. The Labute approximate surface area is 263 Å². The molecule has 0 radical (unpaired) electrons. The van der Waals surface area contributed by atoms with Gasteiger partial charge in [-0.25, -0.2) is 9.18 Å². The quantitative estimate of drug-likeness (QED) is 0.0602. The van der Waals surface area contributed by atoms with Gasteiger partial charge in [0.15, 0.2) is 0 Å². The van der Waals surface area contributed by atoms with Crippen LogP contribution in [0.2, 0.25) is 0 Å². The van der Waals surface area contributed by atoms with Crippen molar-refractivity contribution in [2.24, 2.45) is 5.73 Å². The number of nitrogens with two attached hydrogens (primary N) is 1. The Balaban J connectivity index is 1.80. The van der Waals surface area contributed by atoms with Crippen molar-refractivity contribution < 1.29 is 35.7 Å². The van der Waals surface area contributed by atoms with E-state index in [9.17, 15) is 26.4 Å². The van der Waals surface area contributed by atoms with E-state index in [-0.39, 0.29) is 0 Å². The van der Waals surface area contributed by atoms with Crippen molar-refractivity contribution in [1.82, 2.24) is 0 Å². The van der Waals surface area contributed by atoms with Crippen LogP contribution in [0.1, 0.15) is 81.2 Å². The maximum Gasteiger partial charge on any atom is 0.403 e. The molecule has 0 amide bonds. The minimum absolute atomic E-state index is 0.453. The zero-order chi connectivity index (χ0) is 31.6. The Bertz CT molecular complexity index is 1480. The molecule has 1 unspecified atom stereocenters. The van der Waals surface area contributed by atoms with Crippen LogP contribution in [0.15, 0.2) is 35.3 Å². The largest absolute Gasteiger partial charge is 0.458 e. The molecule has 0 aliphatic rings. The predicted octanol–water partition coefficient (Wildman–Crippen LogP) is 9.11. The molecule has 0 aliphatic carbocycles. The van der Waals surface area contributed by atoms with Crippen LogP contribution in [0.4, 0.5) is 13.2 Å². The van der Waals surface area contributed by atoms with E-state index in [0.29, 0.717) is 4.88 Å². The Kier molecular flexibility index (Phi) is 13.3. The molecule has 0 saturated heterocycles. The molecule has 3 N–H and O–H groups in total. The second-order valence-corrected chi connectivity index (χ2v) is 14.8. The van der Waals surface area contributed by atoms with Gasteiger partial charge < -0.3 is 10.5 Å². The number of rotatable bonds is 18. The van der Waals surface area contributed by atoms with Crippen LogP contribution in [0, 0.1) is 0 Å². The van der Waals surface area contributed by atoms with Crippen molar-refractivity contribution in [2.45, 2.75) is 89.5 Å². The summed E-state index contributed by atoms with van der Waals surface area (Å²) in [6.07, 6.45) is 8.87. The SMILES string of the molecule is CCCCCCc1ccsc1-c1ccc(-c2sc(/C=C(\N)C(=O)OCC(F)C(F)(F)S(=O)(=O)O)cc2CCCCCC)s1. The monoisotopic (exact) mass is 677 g/mol. The van der Waals surface area contributed by atoms with Gasteiger partial charge in [0.2, 0.25) is 6.17 Å². The molecule has 1 atom stereocenters. The lowest BCUT2D eigenvalue weighted by atomic mass is 10.1. The Hall–Kier alpha value is -2.19. The lowest BCUT2D eigenvalue weighted by molar-refractivity contribution is -0.143. The number of halogens is 3. The molecular formula is C30H38F3NO5S4. The van der Waals surface area contributed by atoms with E-state index in [0.717, 1.165) is 60.3 Å². The van der Waals surface area contributed by atoms with Crippen LogP contribution in [-0.2, 0) is 32.5 Å².